The monoisotopic (exact) mass is 337 g/mol. The fourth-order valence-corrected chi connectivity index (χ4v) is 2.69. The molecular formula is C17H23NO6. The molecule has 0 saturated carbocycles. The highest BCUT2D eigenvalue weighted by Crippen LogP contribution is 2.29. The Balaban J connectivity index is 2.18. The van der Waals surface area contributed by atoms with Crippen molar-refractivity contribution in [2.75, 3.05) is 26.3 Å². The van der Waals surface area contributed by atoms with E-state index in [1.54, 1.807) is 30.0 Å². The topological polar surface area (TPSA) is 85.3 Å². The number of carbonyl (C=O) groups excluding carboxylic acids is 1. The standard InChI is InChI=1S/C17H23NO6/c1-4-22-15-7-13(5-6-14(15)23-10-16(19)20)17(21)18-8-11(2)24-12(3)9-18/h5-7,11-12H,4,8-10H2,1-3H3,(H,19,20)/t11-,12+. The van der Waals surface area contributed by atoms with Crippen molar-refractivity contribution in [3.05, 3.63) is 23.8 Å². The maximum atomic E-state index is 12.7. The molecule has 0 aromatic heterocycles. The van der Waals surface area contributed by atoms with Crippen LogP contribution < -0.4 is 9.47 Å². The van der Waals surface area contributed by atoms with Gasteiger partial charge in [0, 0.05) is 18.7 Å². The highest BCUT2D eigenvalue weighted by molar-refractivity contribution is 5.95. The van der Waals surface area contributed by atoms with Crippen LogP contribution in [0, 0.1) is 0 Å². The van der Waals surface area contributed by atoms with Crippen molar-refractivity contribution in [2.24, 2.45) is 0 Å². The molecule has 2 atom stereocenters. The molecule has 0 unspecified atom stereocenters. The van der Waals surface area contributed by atoms with Gasteiger partial charge in [0.1, 0.15) is 0 Å². The van der Waals surface area contributed by atoms with E-state index in [9.17, 15) is 9.59 Å². The van der Waals surface area contributed by atoms with E-state index < -0.39 is 12.6 Å². The number of nitrogens with zero attached hydrogens (tertiary/aromatic N) is 1. The molecule has 1 fully saturated rings. The number of rotatable bonds is 6. The van der Waals surface area contributed by atoms with E-state index in [2.05, 4.69) is 0 Å². The minimum atomic E-state index is -1.08. The van der Waals surface area contributed by atoms with Crippen molar-refractivity contribution in [1.82, 2.24) is 4.90 Å². The lowest BCUT2D eigenvalue weighted by molar-refractivity contribution is -0.139. The minimum Gasteiger partial charge on any atom is -0.490 e. The Hall–Kier alpha value is -2.28. The maximum Gasteiger partial charge on any atom is 0.341 e. The molecule has 2 rings (SSSR count). The summed E-state index contributed by atoms with van der Waals surface area (Å²) in [7, 11) is 0. The predicted octanol–water partition coefficient (Wildman–Crippen LogP) is 1.80. The van der Waals surface area contributed by atoms with E-state index in [1.807, 2.05) is 13.8 Å². The Kier molecular flexibility index (Phi) is 6.03. The van der Waals surface area contributed by atoms with E-state index in [-0.39, 0.29) is 18.1 Å². The molecule has 0 aliphatic carbocycles. The summed E-state index contributed by atoms with van der Waals surface area (Å²) in [6, 6.07) is 4.77. The smallest absolute Gasteiger partial charge is 0.341 e. The highest BCUT2D eigenvalue weighted by Gasteiger charge is 2.27. The number of carboxylic acid groups (broad SMARTS) is 1. The molecule has 1 aliphatic heterocycles. The molecule has 1 heterocycles. The van der Waals surface area contributed by atoms with Gasteiger partial charge in [-0.3, -0.25) is 4.79 Å². The van der Waals surface area contributed by atoms with Crippen molar-refractivity contribution in [1.29, 1.82) is 0 Å². The van der Waals surface area contributed by atoms with Crippen LogP contribution in [0.1, 0.15) is 31.1 Å². The fourth-order valence-electron chi connectivity index (χ4n) is 2.69. The lowest BCUT2D eigenvalue weighted by Gasteiger charge is -2.35. The summed E-state index contributed by atoms with van der Waals surface area (Å²) in [5.74, 6) is -0.518. The summed E-state index contributed by atoms with van der Waals surface area (Å²) in [6.45, 7) is 6.66. The molecule has 7 heteroatoms. The predicted molar refractivity (Wildman–Crippen MR) is 86.7 cm³/mol. The van der Waals surface area contributed by atoms with Crippen LogP contribution in [0.5, 0.6) is 11.5 Å². The van der Waals surface area contributed by atoms with Crippen LogP contribution in [0.4, 0.5) is 0 Å². The van der Waals surface area contributed by atoms with Crippen molar-refractivity contribution in [2.45, 2.75) is 33.0 Å². The molecular weight excluding hydrogens is 314 g/mol. The lowest BCUT2D eigenvalue weighted by atomic mass is 10.1. The third-order valence-corrected chi connectivity index (χ3v) is 3.55. The zero-order valence-corrected chi connectivity index (χ0v) is 14.2. The minimum absolute atomic E-state index is 0.0118. The number of carboxylic acids is 1. The summed E-state index contributed by atoms with van der Waals surface area (Å²) in [4.78, 5) is 25.1. The largest absolute Gasteiger partial charge is 0.490 e. The average Bonchev–Trinajstić information content (AvgIpc) is 2.52. The summed E-state index contributed by atoms with van der Waals surface area (Å²) in [5, 5.41) is 8.72. The molecule has 1 aromatic rings. The maximum absolute atomic E-state index is 12.7. The van der Waals surface area contributed by atoms with Gasteiger partial charge in [0.25, 0.3) is 5.91 Å². The normalized spacial score (nSPS) is 20.5. The Bertz CT molecular complexity index is 593. The number of benzene rings is 1. The van der Waals surface area contributed by atoms with E-state index >= 15 is 0 Å². The van der Waals surface area contributed by atoms with Crippen LogP contribution in [-0.4, -0.2) is 60.4 Å². The van der Waals surface area contributed by atoms with Crippen molar-refractivity contribution >= 4 is 11.9 Å². The lowest BCUT2D eigenvalue weighted by Crippen LogP contribution is -2.48. The molecule has 0 spiro atoms. The second kappa shape index (κ2) is 8.01. The van der Waals surface area contributed by atoms with E-state index in [0.717, 1.165) is 0 Å². The number of amides is 1. The first-order valence-corrected chi connectivity index (χ1v) is 7.96. The molecule has 0 bridgehead atoms. The molecule has 0 radical (unpaired) electrons. The molecule has 1 aromatic carbocycles. The van der Waals surface area contributed by atoms with E-state index in [1.165, 1.54) is 0 Å². The number of hydrogen-bond acceptors (Lipinski definition) is 5. The van der Waals surface area contributed by atoms with Crippen LogP contribution in [0.25, 0.3) is 0 Å². The number of hydrogen-bond donors (Lipinski definition) is 1. The summed E-state index contributed by atoms with van der Waals surface area (Å²) < 4.78 is 16.3. The quantitative estimate of drug-likeness (QED) is 0.852. The first-order valence-electron chi connectivity index (χ1n) is 7.96. The van der Waals surface area contributed by atoms with Crippen LogP contribution in [-0.2, 0) is 9.53 Å². The second-order valence-corrected chi connectivity index (χ2v) is 5.74. The van der Waals surface area contributed by atoms with Gasteiger partial charge in [0.2, 0.25) is 0 Å². The van der Waals surface area contributed by atoms with Gasteiger partial charge in [-0.15, -0.1) is 0 Å². The van der Waals surface area contributed by atoms with Gasteiger partial charge in [-0.25, -0.2) is 4.79 Å². The Morgan fingerprint density at radius 2 is 1.88 bits per heavy atom. The SMILES string of the molecule is CCOc1cc(C(=O)N2C[C@@H](C)O[C@@H](C)C2)ccc1OCC(=O)O. The van der Waals surface area contributed by atoms with Crippen molar-refractivity contribution in [3.63, 3.8) is 0 Å². The third-order valence-electron chi connectivity index (χ3n) is 3.55. The summed E-state index contributed by atoms with van der Waals surface area (Å²) >= 11 is 0. The number of ether oxygens (including phenoxy) is 3. The van der Waals surface area contributed by atoms with Crippen LogP contribution >= 0.6 is 0 Å². The van der Waals surface area contributed by atoms with Gasteiger partial charge in [0.15, 0.2) is 18.1 Å². The van der Waals surface area contributed by atoms with Crippen molar-refractivity contribution in [3.8, 4) is 11.5 Å². The summed E-state index contributed by atoms with van der Waals surface area (Å²) in [5.41, 5.74) is 0.474. The third kappa shape index (κ3) is 4.61. The van der Waals surface area contributed by atoms with Gasteiger partial charge in [-0.05, 0) is 39.0 Å². The summed E-state index contributed by atoms with van der Waals surface area (Å²) in [6.07, 6.45) is -0.0236. The molecule has 132 valence electrons. The Morgan fingerprint density at radius 1 is 1.21 bits per heavy atom. The zero-order valence-electron chi connectivity index (χ0n) is 14.2. The van der Waals surface area contributed by atoms with Crippen LogP contribution in [0.15, 0.2) is 18.2 Å². The number of morpholine rings is 1. The van der Waals surface area contributed by atoms with Crippen molar-refractivity contribution < 1.29 is 28.9 Å². The number of aliphatic carboxylic acids is 1. The molecule has 24 heavy (non-hydrogen) atoms. The Morgan fingerprint density at radius 3 is 2.46 bits per heavy atom. The van der Waals surface area contributed by atoms with E-state index in [0.29, 0.717) is 36.8 Å². The first kappa shape index (κ1) is 18.1. The van der Waals surface area contributed by atoms with Gasteiger partial charge < -0.3 is 24.2 Å². The average molecular weight is 337 g/mol. The highest BCUT2D eigenvalue weighted by atomic mass is 16.5. The van der Waals surface area contributed by atoms with Crippen LogP contribution in [0.2, 0.25) is 0 Å². The molecule has 1 N–H and O–H groups in total. The molecule has 7 nitrogen and oxygen atoms in total. The molecule has 1 saturated heterocycles. The fraction of sp³-hybridized carbons (Fsp3) is 0.529. The van der Waals surface area contributed by atoms with Gasteiger partial charge >= 0.3 is 5.97 Å². The van der Waals surface area contributed by atoms with Gasteiger partial charge in [-0.1, -0.05) is 0 Å². The molecule has 1 aliphatic rings. The second-order valence-electron chi connectivity index (χ2n) is 5.74. The molecule has 1 amide bonds. The van der Waals surface area contributed by atoms with E-state index in [4.69, 9.17) is 19.3 Å². The zero-order chi connectivity index (χ0) is 17.7. The first-order chi connectivity index (χ1) is 11.4. The Labute approximate surface area is 141 Å². The van der Waals surface area contributed by atoms with Crippen LogP contribution in [0.3, 0.4) is 0 Å². The van der Waals surface area contributed by atoms with Gasteiger partial charge in [0.05, 0.1) is 18.8 Å². The van der Waals surface area contributed by atoms with Gasteiger partial charge in [-0.2, -0.15) is 0 Å². The number of carbonyl (C=O) groups is 2.